The molecule has 3 N–H and O–H groups in total. The number of amidine groups is 1. The molecule has 0 aliphatic rings. The van der Waals surface area contributed by atoms with E-state index in [1.807, 2.05) is 19.2 Å². The van der Waals surface area contributed by atoms with E-state index in [2.05, 4.69) is 22.0 Å². The van der Waals surface area contributed by atoms with Gasteiger partial charge in [-0.2, -0.15) is 0 Å². The van der Waals surface area contributed by atoms with E-state index in [1.165, 1.54) is 0 Å². The zero-order valence-corrected chi connectivity index (χ0v) is 9.72. The summed E-state index contributed by atoms with van der Waals surface area (Å²) in [4.78, 5) is 6.29. The number of aromatic nitrogens is 1. The van der Waals surface area contributed by atoms with Gasteiger partial charge in [-0.1, -0.05) is 18.1 Å². The Morgan fingerprint density at radius 3 is 3.00 bits per heavy atom. The second-order valence-corrected chi connectivity index (χ2v) is 3.73. The summed E-state index contributed by atoms with van der Waals surface area (Å²) < 4.78 is 0. The zero-order valence-electron chi connectivity index (χ0n) is 9.72. The molecule has 5 heteroatoms. The average molecular weight is 222 g/mol. The van der Waals surface area contributed by atoms with E-state index in [4.69, 9.17) is 10.9 Å². The SMILES string of the molecule is CCCN(C)Cc1cccnc1C(N)=NO. The maximum atomic E-state index is 8.66. The highest BCUT2D eigenvalue weighted by molar-refractivity contribution is 5.96. The molecular formula is C11H18N4O. The first kappa shape index (κ1) is 12.4. The third-order valence-corrected chi connectivity index (χ3v) is 2.29. The van der Waals surface area contributed by atoms with E-state index >= 15 is 0 Å². The van der Waals surface area contributed by atoms with Crippen LogP contribution in [-0.2, 0) is 6.54 Å². The summed E-state index contributed by atoms with van der Waals surface area (Å²) in [5.41, 5.74) is 7.08. The summed E-state index contributed by atoms with van der Waals surface area (Å²) in [6, 6.07) is 3.79. The van der Waals surface area contributed by atoms with Crippen molar-refractivity contribution < 1.29 is 5.21 Å². The molecular weight excluding hydrogens is 204 g/mol. The molecule has 0 bridgehead atoms. The number of nitrogens with two attached hydrogens (primary N) is 1. The van der Waals surface area contributed by atoms with E-state index in [-0.39, 0.29) is 5.84 Å². The van der Waals surface area contributed by atoms with Gasteiger partial charge in [0, 0.05) is 12.7 Å². The largest absolute Gasteiger partial charge is 0.409 e. The van der Waals surface area contributed by atoms with Crippen molar-refractivity contribution in [2.24, 2.45) is 10.9 Å². The van der Waals surface area contributed by atoms with Crippen LogP contribution in [0.4, 0.5) is 0 Å². The molecule has 0 fully saturated rings. The Hall–Kier alpha value is -1.62. The molecule has 5 nitrogen and oxygen atoms in total. The van der Waals surface area contributed by atoms with E-state index in [0.717, 1.165) is 25.1 Å². The third-order valence-electron chi connectivity index (χ3n) is 2.29. The molecule has 0 spiro atoms. The lowest BCUT2D eigenvalue weighted by atomic mass is 10.1. The molecule has 0 saturated carbocycles. The van der Waals surface area contributed by atoms with Gasteiger partial charge in [-0.3, -0.25) is 4.98 Å². The van der Waals surface area contributed by atoms with Gasteiger partial charge in [0.05, 0.1) is 0 Å². The van der Waals surface area contributed by atoms with E-state index in [9.17, 15) is 0 Å². The highest BCUT2D eigenvalue weighted by Crippen LogP contribution is 2.08. The van der Waals surface area contributed by atoms with Gasteiger partial charge in [0.15, 0.2) is 5.84 Å². The summed E-state index contributed by atoms with van der Waals surface area (Å²) in [6.45, 7) is 3.88. The second kappa shape index (κ2) is 6.07. The van der Waals surface area contributed by atoms with Crippen LogP contribution in [-0.4, -0.2) is 34.5 Å². The quantitative estimate of drug-likeness (QED) is 0.337. The molecule has 1 aromatic rings. The normalized spacial score (nSPS) is 12.1. The molecule has 88 valence electrons. The minimum Gasteiger partial charge on any atom is -0.409 e. The van der Waals surface area contributed by atoms with Crippen LogP contribution in [0.3, 0.4) is 0 Å². The standard InChI is InChI=1S/C11H18N4O/c1-3-7-15(2)8-9-5-4-6-13-10(9)11(12)14-16/h4-6,16H,3,7-8H2,1-2H3,(H2,12,14). The van der Waals surface area contributed by atoms with Crippen LogP contribution in [0.25, 0.3) is 0 Å². The molecule has 0 aromatic carbocycles. The van der Waals surface area contributed by atoms with Gasteiger partial charge >= 0.3 is 0 Å². The average Bonchev–Trinajstić information content (AvgIpc) is 2.29. The highest BCUT2D eigenvalue weighted by atomic mass is 16.4. The van der Waals surface area contributed by atoms with Crippen LogP contribution >= 0.6 is 0 Å². The van der Waals surface area contributed by atoms with E-state index in [1.54, 1.807) is 6.20 Å². The number of hydrogen-bond acceptors (Lipinski definition) is 4. The van der Waals surface area contributed by atoms with Crippen LogP contribution in [0.1, 0.15) is 24.6 Å². The van der Waals surface area contributed by atoms with Gasteiger partial charge in [-0.15, -0.1) is 0 Å². The Kier molecular flexibility index (Phi) is 4.72. The summed E-state index contributed by atoms with van der Waals surface area (Å²) >= 11 is 0. The first-order valence-corrected chi connectivity index (χ1v) is 5.29. The molecule has 0 unspecified atom stereocenters. The summed E-state index contributed by atoms with van der Waals surface area (Å²) in [5, 5.41) is 11.6. The number of pyridine rings is 1. The molecule has 0 radical (unpaired) electrons. The van der Waals surface area contributed by atoms with Crippen LogP contribution < -0.4 is 5.73 Å². The minimum atomic E-state index is 0.0560. The Morgan fingerprint density at radius 2 is 2.38 bits per heavy atom. The van der Waals surface area contributed by atoms with Crippen LogP contribution in [0.5, 0.6) is 0 Å². The smallest absolute Gasteiger partial charge is 0.189 e. The fourth-order valence-electron chi connectivity index (χ4n) is 1.60. The Balaban J connectivity index is 2.87. The second-order valence-electron chi connectivity index (χ2n) is 3.73. The van der Waals surface area contributed by atoms with E-state index in [0.29, 0.717) is 5.69 Å². The van der Waals surface area contributed by atoms with Gasteiger partial charge < -0.3 is 15.8 Å². The highest BCUT2D eigenvalue weighted by Gasteiger charge is 2.09. The van der Waals surface area contributed by atoms with Crippen molar-refractivity contribution in [3.05, 3.63) is 29.6 Å². The van der Waals surface area contributed by atoms with Gasteiger partial charge in [0.1, 0.15) is 5.69 Å². The predicted octanol–water partition coefficient (Wildman–Crippen LogP) is 1.02. The van der Waals surface area contributed by atoms with Gasteiger partial charge in [-0.05, 0) is 31.6 Å². The number of oxime groups is 1. The number of nitrogens with zero attached hydrogens (tertiary/aromatic N) is 3. The molecule has 16 heavy (non-hydrogen) atoms. The molecule has 1 aromatic heterocycles. The third kappa shape index (κ3) is 3.20. The summed E-state index contributed by atoms with van der Waals surface area (Å²) in [7, 11) is 2.03. The van der Waals surface area contributed by atoms with Crippen molar-refractivity contribution in [1.29, 1.82) is 0 Å². The lowest BCUT2D eigenvalue weighted by Gasteiger charge is -2.16. The van der Waals surface area contributed by atoms with E-state index < -0.39 is 0 Å². The molecule has 1 heterocycles. The maximum Gasteiger partial charge on any atom is 0.189 e. The first-order chi connectivity index (χ1) is 7.69. The first-order valence-electron chi connectivity index (χ1n) is 5.29. The van der Waals surface area contributed by atoms with Crippen molar-refractivity contribution in [2.75, 3.05) is 13.6 Å². The molecule has 0 amide bonds. The number of hydrogen-bond donors (Lipinski definition) is 2. The lowest BCUT2D eigenvalue weighted by molar-refractivity contribution is 0.317. The van der Waals surface area contributed by atoms with Gasteiger partial charge in [0.2, 0.25) is 0 Å². The Bertz CT molecular complexity index is 365. The Morgan fingerprint density at radius 1 is 1.62 bits per heavy atom. The lowest BCUT2D eigenvalue weighted by Crippen LogP contribution is -2.23. The van der Waals surface area contributed by atoms with Gasteiger partial charge in [-0.25, -0.2) is 0 Å². The Labute approximate surface area is 95.6 Å². The summed E-state index contributed by atoms with van der Waals surface area (Å²) in [5.74, 6) is 0.0560. The van der Waals surface area contributed by atoms with Crippen molar-refractivity contribution in [3.8, 4) is 0 Å². The zero-order chi connectivity index (χ0) is 12.0. The van der Waals surface area contributed by atoms with Crippen molar-refractivity contribution in [3.63, 3.8) is 0 Å². The topological polar surface area (TPSA) is 74.7 Å². The fourth-order valence-corrected chi connectivity index (χ4v) is 1.60. The fraction of sp³-hybridized carbons (Fsp3) is 0.455. The van der Waals surface area contributed by atoms with Crippen molar-refractivity contribution >= 4 is 5.84 Å². The maximum absolute atomic E-state index is 8.66. The van der Waals surface area contributed by atoms with Crippen LogP contribution in [0.15, 0.2) is 23.5 Å². The van der Waals surface area contributed by atoms with Gasteiger partial charge in [0.25, 0.3) is 0 Å². The van der Waals surface area contributed by atoms with Crippen molar-refractivity contribution in [2.45, 2.75) is 19.9 Å². The number of rotatable bonds is 5. The van der Waals surface area contributed by atoms with Crippen molar-refractivity contribution in [1.82, 2.24) is 9.88 Å². The van der Waals surface area contributed by atoms with Crippen LogP contribution in [0.2, 0.25) is 0 Å². The molecule has 0 aliphatic heterocycles. The predicted molar refractivity (Wildman–Crippen MR) is 63.4 cm³/mol. The molecule has 0 saturated heterocycles. The molecule has 0 aliphatic carbocycles. The minimum absolute atomic E-state index is 0.0560. The molecule has 0 atom stereocenters. The molecule has 1 rings (SSSR count). The van der Waals surface area contributed by atoms with Crippen LogP contribution in [0, 0.1) is 0 Å². The summed E-state index contributed by atoms with van der Waals surface area (Å²) in [6.07, 6.45) is 2.73. The monoisotopic (exact) mass is 222 g/mol.